The van der Waals surface area contributed by atoms with Crippen molar-refractivity contribution in [2.24, 2.45) is 0 Å². The molecule has 0 aliphatic carbocycles. The molecule has 0 saturated carbocycles. The van der Waals surface area contributed by atoms with Crippen LogP contribution < -0.4 is 0 Å². The maximum Gasteiger partial charge on any atom is 0.189 e. The van der Waals surface area contributed by atoms with Gasteiger partial charge in [-0.2, -0.15) is 0 Å². The predicted molar refractivity (Wildman–Crippen MR) is 231 cm³/mol. The Morgan fingerprint density at radius 3 is 0.787 bits per heavy atom. The van der Waals surface area contributed by atoms with Crippen molar-refractivity contribution in [3.63, 3.8) is 0 Å². The van der Waals surface area contributed by atoms with E-state index < -0.39 is 49.2 Å². The van der Waals surface area contributed by atoms with Crippen molar-refractivity contribution < 1.29 is 42.6 Å². The van der Waals surface area contributed by atoms with Crippen molar-refractivity contribution in [3.8, 4) is 0 Å². The SMILES string of the molecule is c1ccc(CO[C@@H]2[C@@H](OCc3ccccc3)[C@H](O[C@@H]3OC[C@@H](OCc4ccccc4)[C@H](OCc4ccccc4)[C@H]3OCc3ccccc3)OC[C@H]2OCc2ccccc2)cc1. The van der Waals surface area contributed by atoms with Gasteiger partial charge < -0.3 is 42.6 Å². The third kappa shape index (κ3) is 12.5. The summed E-state index contributed by atoms with van der Waals surface area (Å²) in [7, 11) is 0. The molecule has 2 aliphatic rings. The monoisotopic (exact) mass is 822 g/mol. The minimum Gasteiger partial charge on any atom is -0.368 e. The summed E-state index contributed by atoms with van der Waals surface area (Å²) in [5, 5.41) is 0. The highest BCUT2D eigenvalue weighted by Crippen LogP contribution is 2.33. The quantitative estimate of drug-likeness (QED) is 0.0749. The highest BCUT2D eigenvalue weighted by atomic mass is 16.8. The molecule has 0 amide bonds. The maximum atomic E-state index is 6.96. The van der Waals surface area contributed by atoms with Crippen LogP contribution in [0.5, 0.6) is 0 Å². The Bertz CT molecular complexity index is 1940. The van der Waals surface area contributed by atoms with Crippen LogP contribution >= 0.6 is 0 Å². The summed E-state index contributed by atoms with van der Waals surface area (Å²) in [6.07, 6.45) is -5.41. The van der Waals surface area contributed by atoms with Crippen LogP contribution in [0.25, 0.3) is 0 Å². The average Bonchev–Trinajstić information content (AvgIpc) is 3.33. The zero-order chi connectivity index (χ0) is 41.3. The van der Waals surface area contributed by atoms with E-state index in [2.05, 4.69) is 0 Å². The van der Waals surface area contributed by atoms with Gasteiger partial charge in [0.2, 0.25) is 0 Å². The first-order valence-electron chi connectivity index (χ1n) is 21.1. The summed E-state index contributed by atoms with van der Waals surface area (Å²) in [6.45, 7) is 2.42. The van der Waals surface area contributed by atoms with Crippen LogP contribution in [-0.4, -0.2) is 62.4 Å². The average molecular weight is 823 g/mol. The van der Waals surface area contributed by atoms with Gasteiger partial charge in [-0.1, -0.05) is 182 Å². The summed E-state index contributed by atoms with van der Waals surface area (Å²) in [5.74, 6) is 0. The molecule has 0 unspecified atom stereocenters. The fourth-order valence-corrected chi connectivity index (χ4v) is 7.52. The molecule has 8 atom stereocenters. The molecule has 2 aliphatic heterocycles. The second kappa shape index (κ2) is 22.7. The lowest BCUT2D eigenvalue weighted by atomic mass is 10.0. The molecule has 0 aromatic heterocycles. The summed E-state index contributed by atoms with van der Waals surface area (Å²) in [6, 6.07) is 60.4. The number of ether oxygens (including phenoxy) is 9. The molecule has 0 spiro atoms. The van der Waals surface area contributed by atoms with Gasteiger partial charge in [-0.3, -0.25) is 0 Å². The van der Waals surface area contributed by atoms with Gasteiger partial charge in [0.05, 0.1) is 52.9 Å². The van der Waals surface area contributed by atoms with E-state index in [0.717, 1.165) is 33.4 Å². The molecule has 316 valence electrons. The molecule has 2 fully saturated rings. The highest BCUT2D eigenvalue weighted by Gasteiger charge is 2.49. The second-order valence-corrected chi connectivity index (χ2v) is 15.3. The van der Waals surface area contributed by atoms with Gasteiger partial charge in [0.15, 0.2) is 12.6 Å². The molecule has 61 heavy (non-hydrogen) atoms. The topological polar surface area (TPSA) is 83.1 Å². The molecule has 8 rings (SSSR count). The van der Waals surface area contributed by atoms with Crippen molar-refractivity contribution >= 4 is 0 Å². The van der Waals surface area contributed by atoms with E-state index in [1.165, 1.54) is 0 Å². The van der Waals surface area contributed by atoms with Gasteiger partial charge in [0.1, 0.15) is 36.6 Å². The molecule has 9 nitrogen and oxygen atoms in total. The molecule has 6 aromatic carbocycles. The van der Waals surface area contributed by atoms with E-state index in [4.69, 9.17) is 42.6 Å². The Morgan fingerprint density at radius 2 is 0.525 bits per heavy atom. The van der Waals surface area contributed by atoms with Crippen molar-refractivity contribution in [1.29, 1.82) is 0 Å². The predicted octanol–water partition coefficient (Wildman–Crippen LogP) is 9.23. The molecule has 0 N–H and O–H groups in total. The molecule has 2 heterocycles. The zero-order valence-corrected chi connectivity index (χ0v) is 34.3. The van der Waals surface area contributed by atoms with Crippen LogP contribution in [0.15, 0.2) is 182 Å². The minimum atomic E-state index is -0.926. The van der Waals surface area contributed by atoms with E-state index in [1.54, 1.807) is 0 Å². The van der Waals surface area contributed by atoms with Crippen molar-refractivity contribution in [1.82, 2.24) is 0 Å². The van der Waals surface area contributed by atoms with Gasteiger partial charge in [-0.05, 0) is 33.4 Å². The maximum absolute atomic E-state index is 6.96. The third-order valence-electron chi connectivity index (χ3n) is 10.8. The summed E-state index contributed by atoms with van der Waals surface area (Å²) in [4.78, 5) is 0. The normalized spacial score (nSPS) is 24.0. The Labute approximate surface area is 359 Å². The lowest BCUT2D eigenvalue weighted by Gasteiger charge is -2.46. The smallest absolute Gasteiger partial charge is 0.189 e. The lowest BCUT2D eigenvalue weighted by molar-refractivity contribution is -0.370. The van der Waals surface area contributed by atoms with Crippen molar-refractivity contribution in [2.45, 2.75) is 88.8 Å². The number of hydrogen-bond acceptors (Lipinski definition) is 9. The Kier molecular flexibility index (Phi) is 15.9. The Hall–Kier alpha value is -5.04. The van der Waals surface area contributed by atoms with Crippen LogP contribution in [0.3, 0.4) is 0 Å². The van der Waals surface area contributed by atoms with Gasteiger partial charge in [0.25, 0.3) is 0 Å². The van der Waals surface area contributed by atoms with Crippen LogP contribution in [0, 0.1) is 0 Å². The Morgan fingerprint density at radius 1 is 0.295 bits per heavy atom. The van der Waals surface area contributed by atoms with E-state index in [-0.39, 0.29) is 13.2 Å². The molecule has 6 aromatic rings. The van der Waals surface area contributed by atoms with Gasteiger partial charge in [-0.15, -0.1) is 0 Å². The molecular formula is C52H54O9. The van der Waals surface area contributed by atoms with E-state index in [1.807, 2.05) is 182 Å². The van der Waals surface area contributed by atoms with Gasteiger partial charge >= 0.3 is 0 Å². The lowest BCUT2D eigenvalue weighted by Crippen LogP contribution is -2.61. The largest absolute Gasteiger partial charge is 0.368 e. The van der Waals surface area contributed by atoms with E-state index in [0.29, 0.717) is 39.6 Å². The minimum absolute atomic E-state index is 0.196. The van der Waals surface area contributed by atoms with Crippen LogP contribution in [0.2, 0.25) is 0 Å². The molecular weight excluding hydrogens is 769 g/mol. The first kappa shape index (κ1) is 42.6. The van der Waals surface area contributed by atoms with Crippen LogP contribution in [0.1, 0.15) is 33.4 Å². The van der Waals surface area contributed by atoms with Crippen molar-refractivity contribution in [2.75, 3.05) is 13.2 Å². The zero-order valence-electron chi connectivity index (χ0n) is 34.3. The molecule has 0 bridgehead atoms. The van der Waals surface area contributed by atoms with E-state index >= 15 is 0 Å². The number of rotatable bonds is 20. The third-order valence-corrected chi connectivity index (χ3v) is 10.8. The molecule has 2 saturated heterocycles. The summed E-state index contributed by atoms with van der Waals surface area (Å²) >= 11 is 0. The Balaban J connectivity index is 1.08. The fraction of sp³-hybridized carbons (Fsp3) is 0.308. The van der Waals surface area contributed by atoms with Gasteiger partial charge in [-0.25, -0.2) is 0 Å². The molecule has 9 heteroatoms. The molecule has 0 radical (unpaired) electrons. The highest BCUT2D eigenvalue weighted by molar-refractivity contribution is 5.18. The first-order valence-corrected chi connectivity index (χ1v) is 21.1. The number of hydrogen-bond donors (Lipinski definition) is 0. The standard InChI is InChI=1S/C52H54O9/c1-7-19-39(20-8-1)31-53-45-37-59-51(49(57-35-43-27-15-5-16-28-43)47(45)55-33-41-23-11-3-12-24-41)61-52-50(58-36-44-29-17-6-18-30-44)48(56-34-42-25-13-4-14-26-42)46(38-60-52)54-32-40-21-9-2-10-22-40/h1-30,45-52H,31-38H2/t45-,46-,47+,48+,49-,50-,51+,52+/m1/s1. The van der Waals surface area contributed by atoms with Crippen LogP contribution in [0.4, 0.5) is 0 Å². The summed E-state index contributed by atoms with van der Waals surface area (Å²) < 4.78 is 60.6. The van der Waals surface area contributed by atoms with E-state index in [9.17, 15) is 0 Å². The fourth-order valence-electron chi connectivity index (χ4n) is 7.52. The second-order valence-electron chi connectivity index (χ2n) is 15.3. The summed E-state index contributed by atoms with van der Waals surface area (Å²) in [5.41, 5.74) is 6.15. The first-order chi connectivity index (χ1) is 30.2. The van der Waals surface area contributed by atoms with Crippen molar-refractivity contribution in [3.05, 3.63) is 215 Å². The number of benzene rings is 6. The van der Waals surface area contributed by atoms with Crippen LogP contribution in [-0.2, 0) is 82.3 Å². The van der Waals surface area contributed by atoms with Gasteiger partial charge in [0, 0.05) is 0 Å².